The van der Waals surface area contributed by atoms with E-state index in [-0.39, 0.29) is 17.1 Å². The Morgan fingerprint density at radius 3 is 2.65 bits per heavy atom. The Bertz CT molecular complexity index is 697. The van der Waals surface area contributed by atoms with Gasteiger partial charge in [0.15, 0.2) is 5.78 Å². The Hall–Kier alpha value is -2.11. The lowest BCUT2D eigenvalue weighted by Gasteiger charge is -2.39. The van der Waals surface area contributed by atoms with Gasteiger partial charge in [0.2, 0.25) is 0 Å². The summed E-state index contributed by atoms with van der Waals surface area (Å²) in [5, 5.41) is 4.15. The molecule has 2 N–H and O–H groups in total. The molecule has 1 aliphatic carbocycles. The van der Waals surface area contributed by atoms with Crippen molar-refractivity contribution in [2.45, 2.75) is 33.6 Å². The second-order valence-corrected chi connectivity index (χ2v) is 7.63. The summed E-state index contributed by atoms with van der Waals surface area (Å²) in [5.74, 6) is 0.0106. The van der Waals surface area contributed by atoms with E-state index in [4.69, 9.17) is 5.73 Å². The number of hydrogen-bond acceptors (Lipinski definition) is 4. The molecule has 1 spiro atoms. The van der Waals surface area contributed by atoms with Gasteiger partial charge in [-0.2, -0.15) is 5.10 Å². The highest BCUT2D eigenvalue weighted by Crippen LogP contribution is 2.47. The van der Waals surface area contributed by atoms with E-state index in [1.54, 1.807) is 17.9 Å². The van der Waals surface area contributed by atoms with Gasteiger partial charge in [0.05, 0.1) is 11.9 Å². The summed E-state index contributed by atoms with van der Waals surface area (Å²) in [6.45, 7) is 7.05. The molecule has 2 heterocycles. The molecule has 0 saturated carbocycles. The van der Waals surface area contributed by atoms with Crippen molar-refractivity contribution < 1.29 is 9.59 Å². The van der Waals surface area contributed by atoms with Gasteiger partial charge in [0.1, 0.15) is 5.69 Å². The quantitative estimate of drug-likeness (QED) is 0.849. The fraction of sp³-hybridized carbons (Fsp3) is 0.588. The van der Waals surface area contributed by atoms with Crippen LogP contribution in [0.2, 0.25) is 0 Å². The van der Waals surface area contributed by atoms with Gasteiger partial charge in [-0.1, -0.05) is 13.8 Å². The van der Waals surface area contributed by atoms with Gasteiger partial charge >= 0.3 is 0 Å². The first-order chi connectivity index (χ1) is 10.7. The predicted molar refractivity (Wildman–Crippen MR) is 86.6 cm³/mol. The number of nitrogens with zero attached hydrogens (tertiary/aromatic N) is 3. The first-order valence-electron chi connectivity index (χ1n) is 7.96. The highest BCUT2D eigenvalue weighted by Gasteiger charge is 2.48. The van der Waals surface area contributed by atoms with E-state index in [9.17, 15) is 9.59 Å². The molecule has 1 fully saturated rings. The van der Waals surface area contributed by atoms with Gasteiger partial charge in [0.25, 0.3) is 5.91 Å². The van der Waals surface area contributed by atoms with Crippen LogP contribution in [0.3, 0.4) is 0 Å². The van der Waals surface area contributed by atoms with Crippen LogP contribution in [0.4, 0.5) is 0 Å². The maximum atomic E-state index is 12.8. The van der Waals surface area contributed by atoms with Crippen molar-refractivity contribution in [1.82, 2.24) is 14.7 Å². The molecule has 3 rings (SSSR count). The molecule has 1 aromatic heterocycles. The van der Waals surface area contributed by atoms with Crippen LogP contribution in [0, 0.1) is 17.8 Å². The number of aromatic nitrogens is 2. The summed E-state index contributed by atoms with van der Waals surface area (Å²) in [6, 6.07) is 0. The molecule has 2 aliphatic rings. The van der Waals surface area contributed by atoms with Crippen molar-refractivity contribution in [3.63, 3.8) is 0 Å². The highest BCUT2D eigenvalue weighted by molar-refractivity contribution is 6.00. The molecule has 0 bridgehead atoms. The second kappa shape index (κ2) is 4.94. The zero-order valence-electron chi connectivity index (χ0n) is 14.2. The monoisotopic (exact) mass is 316 g/mol. The smallest absolute Gasteiger partial charge is 0.272 e. The minimum Gasteiger partial charge on any atom is -0.396 e. The summed E-state index contributed by atoms with van der Waals surface area (Å²) in [5.41, 5.74) is 7.16. The molecule has 124 valence electrons. The summed E-state index contributed by atoms with van der Waals surface area (Å²) in [4.78, 5) is 26.9. The molecular weight excluding hydrogens is 292 g/mol. The fourth-order valence-corrected chi connectivity index (χ4v) is 4.13. The van der Waals surface area contributed by atoms with E-state index in [1.807, 2.05) is 31.7 Å². The molecule has 0 radical (unpaired) electrons. The van der Waals surface area contributed by atoms with Crippen LogP contribution in [0.1, 0.15) is 42.7 Å². The number of allylic oxidation sites excluding steroid dienone is 1. The third-order valence-electron chi connectivity index (χ3n) is 5.13. The van der Waals surface area contributed by atoms with Crippen molar-refractivity contribution in [3.05, 3.63) is 29.2 Å². The van der Waals surface area contributed by atoms with E-state index >= 15 is 0 Å². The lowest BCUT2D eigenvalue weighted by molar-refractivity contribution is -0.125. The Morgan fingerprint density at radius 1 is 1.39 bits per heavy atom. The maximum Gasteiger partial charge on any atom is 0.272 e. The predicted octanol–water partition coefficient (Wildman–Crippen LogP) is 1.40. The van der Waals surface area contributed by atoms with Gasteiger partial charge in [0, 0.05) is 31.0 Å². The largest absolute Gasteiger partial charge is 0.396 e. The van der Waals surface area contributed by atoms with Crippen LogP contribution < -0.4 is 5.73 Å². The van der Waals surface area contributed by atoms with Gasteiger partial charge in [-0.25, -0.2) is 0 Å². The van der Waals surface area contributed by atoms with Gasteiger partial charge in [-0.15, -0.1) is 0 Å². The molecule has 0 aromatic carbocycles. The average Bonchev–Trinajstić information content (AvgIpc) is 3.00. The van der Waals surface area contributed by atoms with Crippen molar-refractivity contribution in [2.24, 2.45) is 23.6 Å². The van der Waals surface area contributed by atoms with Gasteiger partial charge in [-0.05, 0) is 31.4 Å². The van der Waals surface area contributed by atoms with E-state index in [1.165, 1.54) is 0 Å². The van der Waals surface area contributed by atoms with Crippen LogP contribution in [-0.4, -0.2) is 39.5 Å². The number of amides is 1. The van der Waals surface area contributed by atoms with Crippen LogP contribution in [0.25, 0.3) is 0 Å². The minimum absolute atomic E-state index is 0.000975. The molecular formula is C17H24N4O2. The normalized spacial score (nSPS) is 26.7. The Labute approximate surface area is 136 Å². The first kappa shape index (κ1) is 15.8. The number of Topliss-reactive ketones (excluding diaryl/α,β-unsaturated/α-hetero) is 1. The maximum absolute atomic E-state index is 12.8. The van der Waals surface area contributed by atoms with Crippen molar-refractivity contribution in [3.8, 4) is 0 Å². The number of ketones is 1. The van der Waals surface area contributed by atoms with Crippen LogP contribution >= 0.6 is 0 Å². The van der Waals surface area contributed by atoms with Crippen molar-refractivity contribution >= 4 is 11.7 Å². The minimum atomic E-state index is -0.472. The van der Waals surface area contributed by atoms with Crippen molar-refractivity contribution in [2.75, 3.05) is 13.1 Å². The van der Waals surface area contributed by atoms with Crippen LogP contribution in [-0.2, 0) is 11.8 Å². The molecule has 6 nitrogen and oxygen atoms in total. The average molecular weight is 316 g/mol. The highest BCUT2D eigenvalue weighted by atomic mass is 16.2. The molecule has 1 atom stereocenters. The Kier molecular flexibility index (Phi) is 3.39. The topological polar surface area (TPSA) is 81.2 Å². The molecule has 23 heavy (non-hydrogen) atoms. The summed E-state index contributed by atoms with van der Waals surface area (Å²) >= 11 is 0. The number of carbonyl (C=O) groups is 2. The third kappa shape index (κ3) is 2.46. The number of likely N-dealkylation sites (tertiary alicyclic amines) is 1. The van der Waals surface area contributed by atoms with Crippen LogP contribution in [0.5, 0.6) is 0 Å². The molecule has 1 aliphatic heterocycles. The van der Waals surface area contributed by atoms with Crippen LogP contribution in [0.15, 0.2) is 18.0 Å². The van der Waals surface area contributed by atoms with E-state index < -0.39 is 5.41 Å². The van der Waals surface area contributed by atoms with Crippen molar-refractivity contribution in [1.29, 1.82) is 0 Å². The van der Waals surface area contributed by atoms with E-state index in [2.05, 4.69) is 5.10 Å². The van der Waals surface area contributed by atoms with Gasteiger partial charge < -0.3 is 10.6 Å². The molecule has 0 unspecified atom stereocenters. The number of carbonyl (C=O) groups excluding carboxylic acids is 2. The molecule has 1 saturated heterocycles. The summed E-state index contributed by atoms with van der Waals surface area (Å²) in [6.07, 6.45) is 5.17. The lowest BCUT2D eigenvalue weighted by Crippen LogP contribution is -2.42. The Morgan fingerprint density at radius 2 is 2.09 bits per heavy atom. The zero-order valence-corrected chi connectivity index (χ0v) is 14.2. The molecule has 1 aromatic rings. The summed E-state index contributed by atoms with van der Waals surface area (Å²) < 4.78 is 1.63. The standard InChI is InChI=1S/C17H24N4O2/c1-11-8-19-20(4)13(11)15(23)21-6-5-17(10-21)7-12(18)14(22)16(2,3)9-17/h7-8H,5-6,9-10,18H2,1-4H3/t17-/m0/s1. The summed E-state index contributed by atoms with van der Waals surface area (Å²) in [7, 11) is 1.78. The number of nitrogens with two attached hydrogens (primary N) is 1. The fourth-order valence-electron chi connectivity index (χ4n) is 4.13. The molecule has 6 heteroatoms. The first-order valence-corrected chi connectivity index (χ1v) is 7.96. The van der Waals surface area contributed by atoms with Gasteiger partial charge in [-0.3, -0.25) is 14.3 Å². The second-order valence-electron chi connectivity index (χ2n) is 7.63. The third-order valence-corrected chi connectivity index (χ3v) is 5.13. The zero-order chi connectivity index (χ0) is 17.0. The lowest BCUT2D eigenvalue weighted by atomic mass is 9.65. The SMILES string of the molecule is Cc1cnn(C)c1C(=O)N1CC[C@@]2(C=C(N)C(=O)C(C)(C)C2)C1. The number of rotatable bonds is 1. The number of hydrogen-bond donors (Lipinski definition) is 1. The number of aryl methyl sites for hydroxylation is 2. The molecule has 1 amide bonds. The van der Waals surface area contributed by atoms with E-state index in [0.29, 0.717) is 24.5 Å². The Balaban J connectivity index is 1.87. The van der Waals surface area contributed by atoms with E-state index in [0.717, 1.165) is 18.4 Å².